The zero-order valence-electron chi connectivity index (χ0n) is 11.8. The van der Waals surface area contributed by atoms with Gasteiger partial charge in [-0.3, -0.25) is 9.59 Å². The van der Waals surface area contributed by atoms with E-state index in [0.717, 1.165) is 5.56 Å². The van der Waals surface area contributed by atoms with Crippen LogP contribution < -0.4 is 0 Å². The fourth-order valence-corrected chi connectivity index (χ4v) is 3.35. The largest absolute Gasteiger partial charge is 0.422 e. The lowest BCUT2D eigenvalue weighted by atomic mass is 9.97. The van der Waals surface area contributed by atoms with E-state index < -0.39 is 23.1 Å². The minimum atomic E-state index is -1.32. The molecule has 1 aromatic rings. The number of hydrogen-bond acceptors (Lipinski definition) is 4. The summed E-state index contributed by atoms with van der Waals surface area (Å²) in [5.74, 6) is -3.03. The Morgan fingerprint density at radius 3 is 2.38 bits per heavy atom. The molecule has 21 heavy (non-hydrogen) atoms. The average molecular weight is 307 g/mol. The summed E-state index contributed by atoms with van der Waals surface area (Å²) in [4.78, 5) is 24.9. The van der Waals surface area contributed by atoms with Gasteiger partial charge < -0.3 is 9.47 Å². The average Bonchev–Trinajstić information content (AvgIpc) is 3.06. The van der Waals surface area contributed by atoms with Gasteiger partial charge in [-0.15, -0.1) is 6.58 Å². The van der Waals surface area contributed by atoms with Crippen LogP contribution in [0.25, 0.3) is 0 Å². The minimum Gasteiger partial charge on any atom is -0.422 e. The van der Waals surface area contributed by atoms with Gasteiger partial charge in [0.25, 0.3) is 5.79 Å². The number of cyclic esters (lactones) is 2. The first-order valence-electron chi connectivity index (χ1n) is 6.68. The van der Waals surface area contributed by atoms with Crippen molar-refractivity contribution in [2.24, 2.45) is 11.3 Å². The summed E-state index contributed by atoms with van der Waals surface area (Å²) >= 11 is 5.99. The Hall–Kier alpha value is -1.81. The molecule has 1 aromatic carbocycles. The van der Waals surface area contributed by atoms with Crippen molar-refractivity contribution in [1.82, 2.24) is 0 Å². The van der Waals surface area contributed by atoms with Gasteiger partial charge in [-0.1, -0.05) is 29.8 Å². The molecule has 2 atom stereocenters. The van der Waals surface area contributed by atoms with E-state index in [9.17, 15) is 9.59 Å². The van der Waals surface area contributed by atoms with Crippen LogP contribution in [0.15, 0.2) is 36.9 Å². The van der Waals surface area contributed by atoms with Crippen LogP contribution in [0.1, 0.15) is 25.3 Å². The van der Waals surface area contributed by atoms with E-state index >= 15 is 0 Å². The number of ether oxygens (including phenoxy) is 2. The highest BCUT2D eigenvalue weighted by atomic mass is 35.5. The maximum atomic E-state index is 12.4. The van der Waals surface area contributed by atoms with Crippen LogP contribution in [-0.2, 0) is 19.1 Å². The molecular formula is C16H15ClO4. The summed E-state index contributed by atoms with van der Waals surface area (Å²) in [7, 11) is 0. The van der Waals surface area contributed by atoms with Gasteiger partial charge in [-0.2, -0.15) is 0 Å². The van der Waals surface area contributed by atoms with Gasteiger partial charge in [0, 0.05) is 30.7 Å². The third kappa shape index (κ3) is 1.89. The number of rotatable bonds is 2. The molecule has 4 nitrogen and oxygen atoms in total. The molecule has 1 aliphatic carbocycles. The maximum absolute atomic E-state index is 12.4. The zero-order valence-corrected chi connectivity index (χ0v) is 12.5. The van der Waals surface area contributed by atoms with Gasteiger partial charge in [0.05, 0.1) is 0 Å². The molecule has 0 bridgehead atoms. The van der Waals surface area contributed by atoms with E-state index in [1.54, 1.807) is 24.3 Å². The first-order chi connectivity index (χ1) is 9.83. The highest BCUT2D eigenvalue weighted by molar-refractivity contribution is 6.30. The third-order valence-electron chi connectivity index (χ3n) is 4.08. The Bertz CT molecular complexity index is 629. The highest BCUT2D eigenvalue weighted by Gasteiger charge is 2.78. The van der Waals surface area contributed by atoms with Crippen LogP contribution in [0.2, 0.25) is 5.02 Å². The highest BCUT2D eigenvalue weighted by Crippen LogP contribution is 2.68. The normalized spacial score (nSPS) is 28.7. The number of hydrogen-bond donors (Lipinski definition) is 0. The Balaban J connectivity index is 2.03. The quantitative estimate of drug-likeness (QED) is 0.479. The molecule has 2 aliphatic rings. The topological polar surface area (TPSA) is 52.6 Å². The van der Waals surface area contributed by atoms with E-state index in [2.05, 4.69) is 6.58 Å². The van der Waals surface area contributed by atoms with E-state index in [-0.39, 0.29) is 11.8 Å². The van der Waals surface area contributed by atoms with Crippen molar-refractivity contribution in [3.8, 4) is 0 Å². The van der Waals surface area contributed by atoms with Gasteiger partial charge in [0.1, 0.15) is 0 Å². The van der Waals surface area contributed by atoms with Crippen molar-refractivity contribution in [3.63, 3.8) is 0 Å². The molecule has 110 valence electrons. The SMILES string of the molecule is C=C[C@@H]1[C@@H](c2cccc(Cl)c2)C12C(=O)OC(C)(C)OC2=O. The zero-order chi connectivity index (χ0) is 15.4. The summed E-state index contributed by atoms with van der Waals surface area (Å²) < 4.78 is 10.5. The van der Waals surface area contributed by atoms with Crippen molar-refractivity contribution >= 4 is 23.5 Å². The van der Waals surface area contributed by atoms with Crippen molar-refractivity contribution in [2.45, 2.75) is 25.6 Å². The number of benzene rings is 1. The summed E-state index contributed by atoms with van der Waals surface area (Å²) in [5.41, 5.74) is -0.511. The van der Waals surface area contributed by atoms with E-state index in [0.29, 0.717) is 5.02 Å². The molecule has 0 amide bonds. The third-order valence-corrected chi connectivity index (χ3v) is 4.32. The van der Waals surface area contributed by atoms with Gasteiger partial charge in [-0.25, -0.2) is 0 Å². The summed E-state index contributed by atoms with van der Waals surface area (Å²) in [6, 6.07) is 7.11. The van der Waals surface area contributed by atoms with Crippen LogP contribution in [-0.4, -0.2) is 17.7 Å². The number of allylic oxidation sites excluding steroid dienone is 1. The molecule has 1 heterocycles. The van der Waals surface area contributed by atoms with E-state index in [1.165, 1.54) is 13.8 Å². The lowest BCUT2D eigenvalue weighted by Crippen LogP contribution is -2.48. The second-order valence-corrected chi connectivity index (χ2v) is 6.28. The summed E-state index contributed by atoms with van der Waals surface area (Å²) in [6.45, 7) is 6.80. The lowest BCUT2D eigenvalue weighted by molar-refractivity contribution is -0.243. The molecule has 0 N–H and O–H groups in total. The van der Waals surface area contributed by atoms with Gasteiger partial charge in [0.2, 0.25) is 0 Å². The predicted molar refractivity (Wildman–Crippen MR) is 76.6 cm³/mol. The van der Waals surface area contributed by atoms with Crippen molar-refractivity contribution in [1.29, 1.82) is 0 Å². The summed E-state index contributed by atoms with van der Waals surface area (Å²) in [5, 5.41) is 0.551. The standard InChI is InChI=1S/C16H15ClO4/c1-4-11-12(9-6-5-7-10(17)8-9)16(11)13(18)20-15(2,3)21-14(16)19/h4-8,11-12H,1H2,2-3H3/t11-,12-/m1/s1. The van der Waals surface area contributed by atoms with Crippen LogP contribution >= 0.6 is 11.6 Å². The van der Waals surface area contributed by atoms with Crippen LogP contribution in [0.3, 0.4) is 0 Å². The van der Waals surface area contributed by atoms with Crippen LogP contribution in [0.5, 0.6) is 0 Å². The number of halogens is 1. The first kappa shape index (κ1) is 14.1. The summed E-state index contributed by atoms with van der Waals surface area (Å²) in [6.07, 6.45) is 1.60. The molecule has 1 saturated carbocycles. The second-order valence-electron chi connectivity index (χ2n) is 5.84. The van der Waals surface area contributed by atoms with E-state index in [4.69, 9.17) is 21.1 Å². The predicted octanol–water partition coefficient (Wildman–Crippen LogP) is 3.06. The first-order valence-corrected chi connectivity index (χ1v) is 7.05. The monoisotopic (exact) mass is 306 g/mol. The van der Waals surface area contributed by atoms with Crippen LogP contribution in [0.4, 0.5) is 0 Å². The Morgan fingerprint density at radius 2 is 1.86 bits per heavy atom. The molecular weight excluding hydrogens is 292 g/mol. The Kier molecular flexibility index (Phi) is 2.92. The van der Waals surface area contributed by atoms with Gasteiger partial charge in [0.15, 0.2) is 5.41 Å². The van der Waals surface area contributed by atoms with Crippen LogP contribution in [0, 0.1) is 11.3 Å². The Labute approximate surface area is 127 Å². The number of carbonyl (C=O) groups is 2. The maximum Gasteiger partial charge on any atom is 0.328 e. The molecule has 1 aliphatic heterocycles. The Morgan fingerprint density at radius 1 is 1.24 bits per heavy atom. The molecule has 5 heteroatoms. The van der Waals surface area contributed by atoms with Gasteiger partial charge >= 0.3 is 11.9 Å². The lowest BCUT2D eigenvalue weighted by Gasteiger charge is -2.33. The molecule has 0 radical (unpaired) electrons. The number of carbonyl (C=O) groups excluding carboxylic acids is 2. The molecule has 3 rings (SSSR count). The fraction of sp³-hybridized carbons (Fsp3) is 0.375. The second kappa shape index (κ2) is 4.34. The minimum absolute atomic E-state index is 0.341. The smallest absolute Gasteiger partial charge is 0.328 e. The molecule has 0 unspecified atom stereocenters. The number of esters is 2. The molecule has 2 fully saturated rings. The fourth-order valence-electron chi connectivity index (χ4n) is 3.15. The van der Waals surface area contributed by atoms with Gasteiger partial charge in [-0.05, 0) is 17.7 Å². The molecule has 1 saturated heterocycles. The molecule has 0 aromatic heterocycles. The van der Waals surface area contributed by atoms with Crippen molar-refractivity contribution in [3.05, 3.63) is 47.5 Å². The van der Waals surface area contributed by atoms with Crippen molar-refractivity contribution in [2.75, 3.05) is 0 Å². The van der Waals surface area contributed by atoms with E-state index in [1.807, 2.05) is 6.07 Å². The van der Waals surface area contributed by atoms with Crippen molar-refractivity contribution < 1.29 is 19.1 Å². The molecule has 1 spiro atoms.